The average molecular weight is 268 g/mol. The minimum absolute atomic E-state index is 0.742. The number of rotatable bonds is 2. The highest BCUT2D eigenvalue weighted by atomic mass is 79.9. The van der Waals surface area contributed by atoms with Crippen molar-refractivity contribution in [3.8, 4) is 0 Å². The van der Waals surface area contributed by atoms with E-state index in [2.05, 4.69) is 52.0 Å². The maximum atomic E-state index is 3.48. The van der Waals surface area contributed by atoms with Gasteiger partial charge in [0.2, 0.25) is 0 Å². The Labute approximate surface area is 101 Å². The van der Waals surface area contributed by atoms with Crippen molar-refractivity contribution in [1.29, 1.82) is 0 Å². The molecular weight excluding hydrogens is 250 g/mol. The van der Waals surface area contributed by atoms with Gasteiger partial charge in [-0.05, 0) is 49.5 Å². The lowest BCUT2D eigenvalue weighted by Gasteiger charge is -2.32. The first-order valence-electron chi connectivity index (χ1n) is 5.77. The maximum absolute atomic E-state index is 3.48. The lowest BCUT2D eigenvalue weighted by molar-refractivity contribution is 0.218. The number of halogens is 1. The van der Waals surface area contributed by atoms with Crippen molar-refractivity contribution in [2.45, 2.75) is 25.7 Å². The summed E-state index contributed by atoms with van der Waals surface area (Å²) in [7, 11) is 0. The Kier molecular flexibility index (Phi) is 3.81. The zero-order valence-corrected chi connectivity index (χ0v) is 10.8. The van der Waals surface area contributed by atoms with Gasteiger partial charge < -0.3 is 4.90 Å². The molecule has 0 amide bonds. The molecule has 1 aromatic rings. The van der Waals surface area contributed by atoms with Gasteiger partial charge in [-0.2, -0.15) is 0 Å². The van der Waals surface area contributed by atoms with Crippen LogP contribution in [0.1, 0.15) is 31.2 Å². The summed E-state index contributed by atoms with van der Waals surface area (Å²) < 4.78 is 1.18. The van der Waals surface area contributed by atoms with Crippen LogP contribution in [0.15, 0.2) is 28.7 Å². The van der Waals surface area contributed by atoms with E-state index in [9.17, 15) is 0 Å². The van der Waals surface area contributed by atoms with Crippen molar-refractivity contribution in [3.63, 3.8) is 0 Å². The molecule has 0 saturated carbocycles. The molecule has 1 aliphatic rings. The Balaban J connectivity index is 2.06. The van der Waals surface area contributed by atoms with Gasteiger partial charge in [0.15, 0.2) is 0 Å². The number of benzene rings is 1. The van der Waals surface area contributed by atoms with Crippen molar-refractivity contribution in [3.05, 3.63) is 34.3 Å². The van der Waals surface area contributed by atoms with Crippen LogP contribution in [0.2, 0.25) is 0 Å². The van der Waals surface area contributed by atoms with Crippen molar-refractivity contribution >= 4 is 15.9 Å². The third-order valence-electron chi connectivity index (χ3n) is 3.29. The van der Waals surface area contributed by atoms with Crippen LogP contribution in [-0.2, 0) is 0 Å². The topological polar surface area (TPSA) is 3.24 Å². The number of piperidine rings is 1. The van der Waals surface area contributed by atoms with Crippen molar-refractivity contribution in [2.24, 2.45) is 0 Å². The monoisotopic (exact) mass is 267 g/mol. The summed E-state index contributed by atoms with van der Waals surface area (Å²) in [6.07, 6.45) is 2.69. The van der Waals surface area contributed by atoms with Crippen molar-refractivity contribution in [1.82, 2.24) is 4.90 Å². The van der Waals surface area contributed by atoms with E-state index in [0.717, 1.165) is 5.92 Å². The Morgan fingerprint density at radius 2 is 2.07 bits per heavy atom. The molecule has 0 radical (unpaired) electrons. The van der Waals surface area contributed by atoms with Gasteiger partial charge in [0, 0.05) is 11.0 Å². The Bertz CT molecular complexity index is 307. The zero-order valence-electron chi connectivity index (χ0n) is 9.25. The van der Waals surface area contributed by atoms with Crippen molar-refractivity contribution in [2.75, 3.05) is 19.6 Å². The van der Waals surface area contributed by atoms with Crippen LogP contribution in [0.25, 0.3) is 0 Å². The van der Waals surface area contributed by atoms with Gasteiger partial charge in [0.05, 0.1) is 0 Å². The van der Waals surface area contributed by atoms with E-state index in [1.807, 2.05) is 0 Å². The van der Waals surface area contributed by atoms with E-state index in [4.69, 9.17) is 0 Å². The van der Waals surface area contributed by atoms with Gasteiger partial charge >= 0.3 is 0 Å². The second-order valence-corrected chi connectivity index (χ2v) is 5.20. The molecule has 0 spiro atoms. The van der Waals surface area contributed by atoms with Crippen LogP contribution in [0.5, 0.6) is 0 Å². The van der Waals surface area contributed by atoms with Gasteiger partial charge in [-0.15, -0.1) is 0 Å². The van der Waals surface area contributed by atoms with Crippen LogP contribution in [0, 0.1) is 0 Å². The molecule has 15 heavy (non-hydrogen) atoms. The summed E-state index contributed by atoms with van der Waals surface area (Å²) in [6, 6.07) is 8.82. The SMILES string of the molecule is CCN1CCCC(c2ccc(Br)cc2)C1. The quantitative estimate of drug-likeness (QED) is 0.791. The van der Waals surface area contributed by atoms with E-state index in [1.54, 1.807) is 0 Å². The zero-order chi connectivity index (χ0) is 10.7. The largest absolute Gasteiger partial charge is 0.303 e. The molecule has 2 heteroatoms. The number of hydrogen-bond donors (Lipinski definition) is 0. The van der Waals surface area contributed by atoms with Crippen LogP contribution in [0.3, 0.4) is 0 Å². The molecule has 1 heterocycles. The maximum Gasteiger partial charge on any atom is 0.0175 e. The molecule has 1 fully saturated rings. The second kappa shape index (κ2) is 5.13. The van der Waals surface area contributed by atoms with Crippen LogP contribution >= 0.6 is 15.9 Å². The second-order valence-electron chi connectivity index (χ2n) is 4.28. The molecule has 2 rings (SSSR count). The van der Waals surface area contributed by atoms with E-state index in [1.165, 1.54) is 42.5 Å². The molecule has 1 atom stereocenters. The first-order valence-corrected chi connectivity index (χ1v) is 6.56. The fourth-order valence-electron chi connectivity index (χ4n) is 2.35. The molecule has 1 saturated heterocycles. The highest BCUT2D eigenvalue weighted by Gasteiger charge is 2.19. The van der Waals surface area contributed by atoms with Gasteiger partial charge in [0.1, 0.15) is 0 Å². The van der Waals surface area contributed by atoms with E-state index < -0.39 is 0 Å². The highest BCUT2D eigenvalue weighted by molar-refractivity contribution is 9.10. The fraction of sp³-hybridized carbons (Fsp3) is 0.538. The van der Waals surface area contributed by atoms with E-state index in [-0.39, 0.29) is 0 Å². The van der Waals surface area contributed by atoms with Crippen LogP contribution < -0.4 is 0 Å². The predicted molar refractivity (Wildman–Crippen MR) is 68.2 cm³/mol. The average Bonchev–Trinajstić information content (AvgIpc) is 2.30. The summed E-state index contributed by atoms with van der Waals surface area (Å²) in [5, 5.41) is 0. The third kappa shape index (κ3) is 2.82. The van der Waals surface area contributed by atoms with Gasteiger partial charge in [-0.25, -0.2) is 0 Å². The summed E-state index contributed by atoms with van der Waals surface area (Å²) in [5.74, 6) is 0.742. The first kappa shape index (κ1) is 11.2. The number of nitrogens with zero attached hydrogens (tertiary/aromatic N) is 1. The third-order valence-corrected chi connectivity index (χ3v) is 3.82. The Hall–Kier alpha value is -0.340. The first-order chi connectivity index (χ1) is 7.29. The Morgan fingerprint density at radius 3 is 2.73 bits per heavy atom. The van der Waals surface area contributed by atoms with E-state index >= 15 is 0 Å². The van der Waals surface area contributed by atoms with Gasteiger partial charge in [-0.1, -0.05) is 35.0 Å². The summed E-state index contributed by atoms with van der Waals surface area (Å²) in [6.45, 7) is 5.96. The molecule has 1 aromatic carbocycles. The number of likely N-dealkylation sites (tertiary alicyclic amines) is 1. The summed E-state index contributed by atoms with van der Waals surface area (Å²) in [5.41, 5.74) is 1.50. The summed E-state index contributed by atoms with van der Waals surface area (Å²) in [4.78, 5) is 2.55. The standard InChI is InChI=1S/C13H18BrN/c1-2-15-9-3-4-12(10-15)11-5-7-13(14)8-6-11/h5-8,12H,2-4,9-10H2,1H3. The highest BCUT2D eigenvalue weighted by Crippen LogP contribution is 2.27. The van der Waals surface area contributed by atoms with Crippen LogP contribution in [0.4, 0.5) is 0 Å². The van der Waals surface area contributed by atoms with E-state index in [0.29, 0.717) is 0 Å². The molecule has 0 N–H and O–H groups in total. The molecule has 82 valence electrons. The van der Waals surface area contributed by atoms with Crippen molar-refractivity contribution < 1.29 is 0 Å². The smallest absolute Gasteiger partial charge is 0.0175 e. The predicted octanol–water partition coefficient (Wildman–Crippen LogP) is 3.65. The normalized spacial score (nSPS) is 22.9. The minimum atomic E-state index is 0.742. The molecule has 1 aliphatic heterocycles. The lowest BCUT2D eigenvalue weighted by atomic mass is 9.91. The number of hydrogen-bond acceptors (Lipinski definition) is 1. The fourth-order valence-corrected chi connectivity index (χ4v) is 2.61. The molecule has 0 aliphatic carbocycles. The summed E-state index contributed by atoms with van der Waals surface area (Å²) >= 11 is 3.48. The van der Waals surface area contributed by atoms with Gasteiger partial charge in [0.25, 0.3) is 0 Å². The molecular formula is C13H18BrN. The molecule has 1 nitrogen and oxygen atoms in total. The lowest BCUT2D eigenvalue weighted by Crippen LogP contribution is -2.34. The molecule has 0 bridgehead atoms. The molecule has 0 aromatic heterocycles. The Morgan fingerprint density at radius 1 is 1.33 bits per heavy atom. The minimum Gasteiger partial charge on any atom is -0.303 e. The van der Waals surface area contributed by atoms with Crippen LogP contribution in [-0.4, -0.2) is 24.5 Å². The molecule has 1 unspecified atom stereocenters. The van der Waals surface area contributed by atoms with Gasteiger partial charge in [-0.3, -0.25) is 0 Å². The number of likely N-dealkylation sites (N-methyl/N-ethyl adjacent to an activating group) is 1.